The molecule has 1 unspecified atom stereocenters. The van der Waals surface area contributed by atoms with Crippen LogP contribution in [0.3, 0.4) is 0 Å². The Morgan fingerprint density at radius 2 is 2.14 bits per heavy atom. The van der Waals surface area contributed by atoms with Gasteiger partial charge >= 0.3 is 0 Å². The summed E-state index contributed by atoms with van der Waals surface area (Å²) in [5, 5.41) is 6.93. The molecule has 1 N–H and O–H groups in total. The molecule has 0 radical (unpaired) electrons. The van der Waals surface area contributed by atoms with Crippen LogP contribution in [-0.4, -0.2) is 24.3 Å². The van der Waals surface area contributed by atoms with E-state index >= 15 is 0 Å². The van der Waals surface area contributed by atoms with Gasteiger partial charge in [-0.15, -0.1) is 0 Å². The van der Waals surface area contributed by atoms with Crippen LogP contribution in [0.15, 0.2) is 53.1 Å². The highest BCUT2D eigenvalue weighted by molar-refractivity contribution is 5.78. The van der Waals surface area contributed by atoms with Crippen molar-refractivity contribution in [2.75, 3.05) is 7.11 Å². The molecule has 1 atom stereocenters. The minimum absolute atomic E-state index is 0.112. The highest BCUT2D eigenvalue weighted by atomic mass is 16.5. The number of nitrogens with one attached hydrogen (secondary N) is 1. The van der Waals surface area contributed by atoms with E-state index in [0.29, 0.717) is 18.0 Å². The van der Waals surface area contributed by atoms with E-state index < -0.39 is 0 Å². The van der Waals surface area contributed by atoms with Gasteiger partial charge in [-0.1, -0.05) is 17.3 Å². The van der Waals surface area contributed by atoms with Gasteiger partial charge in [-0.05, 0) is 48.4 Å². The molecule has 0 bridgehead atoms. The van der Waals surface area contributed by atoms with Gasteiger partial charge in [-0.2, -0.15) is 0 Å². The number of hydrogen-bond acceptors (Lipinski definition) is 5. The molecule has 0 saturated heterocycles. The molecule has 0 fully saturated rings. The first-order chi connectivity index (χ1) is 13.6. The lowest BCUT2D eigenvalue weighted by molar-refractivity contribution is -0.120. The van der Waals surface area contributed by atoms with Gasteiger partial charge in [0.1, 0.15) is 17.6 Å². The summed E-state index contributed by atoms with van der Waals surface area (Å²) >= 11 is 0. The molecule has 1 aliphatic rings. The number of ether oxygens (including phenoxy) is 2. The van der Waals surface area contributed by atoms with Crippen molar-refractivity contribution in [3.05, 3.63) is 65.4 Å². The molecule has 6 heteroatoms. The van der Waals surface area contributed by atoms with Gasteiger partial charge in [-0.3, -0.25) is 4.79 Å². The number of hydrogen-bond donors (Lipinski definition) is 1. The van der Waals surface area contributed by atoms with E-state index in [1.165, 1.54) is 5.56 Å². The van der Waals surface area contributed by atoms with E-state index in [0.717, 1.165) is 29.0 Å². The quantitative estimate of drug-likeness (QED) is 0.710. The molecule has 4 rings (SSSR count). The van der Waals surface area contributed by atoms with Crippen LogP contribution in [0.25, 0.3) is 11.3 Å². The van der Waals surface area contributed by atoms with Gasteiger partial charge in [-0.25, -0.2) is 0 Å². The average Bonchev–Trinajstić information content (AvgIpc) is 3.31. The van der Waals surface area contributed by atoms with Crippen molar-refractivity contribution < 1.29 is 18.8 Å². The Kier molecular flexibility index (Phi) is 5.02. The van der Waals surface area contributed by atoms with E-state index in [9.17, 15) is 4.79 Å². The van der Waals surface area contributed by atoms with Crippen molar-refractivity contribution >= 4 is 5.91 Å². The van der Waals surface area contributed by atoms with Gasteiger partial charge in [0.05, 0.1) is 19.2 Å². The Morgan fingerprint density at radius 3 is 3.00 bits per heavy atom. The topological polar surface area (TPSA) is 73.6 Å². The third-order valence-corrected chi connectivity index (χ3v) is 4.70. The lowest BCUT2D eigenvalue weighted by Crippen LogP contribution is -2.24. The molecular weight excluding hydrogens is 356 g/mol. The van der Waals surface area contributed by atoms with Gasteiger partial charge in [0, 0.05) is 24.6 Å². The number of methoxy groups -OCH3 is 1. The van der Waals surface area contributed by atoms with Crippen molar-refractivity contribution in [1.82, 2.24) is 10.5 Å². The van der Waals surface area contributed by atoms with Gasteiger partial charge in [0.25, 0.3) is 0 Å². The standard InChI is InChI=1S/C22H22N2O4/c1-14-8-17-10-16(6-7-20(17)27-14)21-11-18(24-28-21)12-22(25)23-13-15-4-3-5-19(9-15)26-2/h3-7,9-11,14H,8,12-13H2,1-2H3,(H,23,25). The van der Waals surface area contributed by atoms with Crippen LogP contribution in [-0.2, 0) is 24.2 Å². The molecule has 0 saturated carbocycles. The second kappa shape index (κ2) is 7.76. The number of amides is 1. The molecule has 2 heterocycles. The smallest absolute Gasteiger partial charge is 0.226 e. The molecule has 144 valence electrons. The molecule has 28 heavy (non-hydrogen) atoms. The maximum atomic E-state index is 12.2. The van der Waals surface area contributed by atoms with Crippen molar-refractivity contribution in [1.29, 1.82) is 0 Å². The van der Waals surface area contributed by atoms with E-state index in [1.54, 1.807) is 7.11 Å². The predicted molar refractivity (Wildman–Crippen MR) is 104 cm³/mol. The largest absolute Gasteiger partial charge is 0.497 e. The number of fused-ring (bicyclic) bond motifs is 1. The molecule has 1 aliphatic heterocycles. The lowest BCUT2D eigenvalue weighted by atomic mass is 10.1. The summed E-state index contributed by atoms with van der Waals surface area (Å²) in [5.74, 6) is 2.23. The van der Waals surface area contributed by atoms with Crippen LogP contribution in [0, 0.1) is 0 Å². The summed E-state index contributed by atoms with van der Waals surface area (Å²) in [7, 11) is 1.62. The van der Waals surface area contributed by atoms with Crippen LogP contribution in [0.5, 0.6) is 11.5 Å². The van der Waals surface area contributed by atoms with Gasteiger partial charge < -0.3 is 19.3 Å². The van der Waals surface area contributed by atoms with Crippen molar-refractivity contribution in [3.63, 3.8) is 0 Å². The first-order valence-electron chi connectivity index (χ1n) is 9.26. The minimum atomic E-state index is -0.112. The van der Waals surface area contributed by atoms with Crippen LogP contribution >= 0.6 is 0 Å². The lowest BCUT2D eigenvalue weighted by Gasteiger charge is -2.06. The zero-order valence-corrected chi connectivity index (χ0v) is 15.9. The number of rotatable bonds is 6. The maximum absolute atomic E-state index is 12.2. The van der Waals surface area contributed by atoms with Crippen LogP contribution in [0.2, 0.25) is 0 Å². The molecule has 6 nitrogen and oxygen atoms in total. The third-order valence-electron chi connectivity index (χ3n) is 4.70. The second-order valence-corrected chi connectivity index (χ2v) is 6.94. The van der Waals surface area contributed by atoms with E-state index in [1.807, 2.05) is 42.5 Å². The molecule has 0 aliphatic carbocycles. The fourth-order valence-corrected chi connectivity index (χ4v) is 3.32. The molecule has 0 spiro atoms. The molecule has 2 aromatic carbocycles. The number of benzene rings is 2. The zero-order chi connectivity index (χ0) is 19.5. The number of carbonyl (C=O) groups excluding carboxylic acids is 1. The minimum Gasteiger partial charge on any atom is -0.497 e. The highest BCUT2D eigenvalue weighted by Crippen LogP contribution is 2.33. The summed E-state index contributed by atoms with van der Waals surface area (Å²) in [6.45, 7) is 2.49. The van der Waals surface area contributed by atoms with Crippen molar-refractivity contribution in [2.45, 2.75) is 32.4 Å². The number of aromatic nitrogens is 1. The van der Waals surface area contributed by atoms with Crippen LogP contribution < -0.4 is 14.8 Å². The summed E-state index contributed by atoms with van der Waals surface area (Å²) in [6, 6.07) is 15.4. The average molecular weight is 378 g/mol. The predicted octanol–water partition coefficient (Wildman–Crippen LogP) is 3.53. The van der Waals surface area contributed by atoms with Gasteiger partial charge in [0.15, 0.2) is 5.76 Å². The fraction of sp³-hybridized carbons (Fsp3) is 0.273. The Hall–Kier alpha value is -3.28. The zero-order valence-electron chi connectivity index (χ0n) is 15.9. The van der Waals surface area contributed by atoms with E-state index in [2.05, 4.69) is 23.5 Å². The normalized spacial score (nSPS) is 15.0. The SMILES string of the molecule is COc1cccc(CNC(=O)Cc2cc(-c3ccc4c(c3)CC(C)O4)on2)c1. The van der Waals surface area contributed by atoms with Crippen LogP contribution in [0.1, 0.15) is 23.7 Å². The number of nitrogens with zero attached hydrogens (tertiary/aromatic N) is 1. The van der Waals surface area contributed by atoms with Crippen molar-refractivity contribution in [3.8, 4) is 22.8 Å². The third kappa shape index (κ3) is 4.01. The second-order valence-electron chi connectivity index (χ2n) is 6.94. The summed E-state index contributed by atoms with van der Waals surface area (Å²) < 4.78 is 16.4. The fourth-order valence-electron chi connectivity index (χ4n) is 3.32. The monoisotopic (exact) mass is 378 g/mol. The number of carbonyl (C=O) groups is 1. The Morgan fingerprint density at radius 1 is 1.25 bits per heavy atom. The first kappa shape index (κ1) is 18.1. The molecule has 1 aromatic heterocycles. The first-order valence-corrected chi connectivity index (χ1v) is 9.26. The Labute approximate surface area is 163 Å². The summed E-state index contributed by atoms with van der Waals surface area (Å²) in [6.07, 6.45) is 1.25. The molecule has 1 amide bonds. The summed E-state index contributed by atoms with van der Waals surface area (Å²) in [5.41, 5.74) is 3.68. The highest BCUT2D eigenvalue weighted by Gasteiger charge is 2.20. The van der Waals surface area contributed by atoms with Crippen molar-refractivity contribution in [2.24, 2.45) is 0 Å². The molecular formula is C22H22N2O4. The maximum Gasteiger partial charge on any atom is 0.226 e. The van der Waals surface area contributed by atoms with E-state index in [4.69, 9.17) is 14.0 Å². The van der Waals surface area contributed by atoms with E-state index in [-0.39, 0.29) is 18.4 Å². The van der Waals surface area contributed by atoms with Gasteiger partial charge in [0.2, 0.25) is 5.91 Å². The summed E-state index contributed by atoms with van der Waals surface area (Å²) in [4.78, 5) is 12.2. The van der Waals surface area contributed by atoms with Crippen LogP contribution in [0.4, 0.5) is 0 Å². The Bertz CT molecular complexity index is 996. The molecule has 3 aromatic rings. The Balaban J connectivity index is 1.37.